The van der Waals surface area contributed by atoms with E-state index in [0.29, 0.717) is 24.1 Å². The number of rotatable bonds is 5. The summed E-state index contributed by atoms with van der Waals surface area (Å²) < 4.78 is 11.6. The molecule has 1 atom stereocenters. The van der Waals surface area contributed by atoms with Gasteiger partial charge in [0.1, 0.15) is 5.82 Å². The molecule has 4 N–H and O–H groups in total. The molecule has 84 valence electrons. The Morgan fingerprint density at radius 1 is 1.67 bits per heavy atom. The largest absolute Gasteiger partial charge is 0.368 e. The molecule has 0 aliphatic carbocycles. The van der Waals surface area contributed by atoms with Gasteiger partial charge in [-0.05, 0) is 15.9 Å². The van der Waals surface area contributed by atoms with Gasteiger partial charge in [0.25, 0.3) is 0 Å². The molecule has 6 nitrogen and oxygen atoms in total. The third-order valence-corrected chi connectivity index (χ3v) is 2.91. The Labute approximate surface area is 98.6 Å². The van der Waals surface area contributed by atoms with E-state index in [0.717, 1.165) is 4.47 Å². The molecule has 0 bridgehead atoms. The third kappa shape index (κ3) is 4.10. The molecule has 0 aliphatic rings. The first-order valence-corrected chi connectivity index (χ1v) is 6.68. The zero-order valence-corrected chi connectivity index (χ0v) is 10.6. The van der Waals surface area contributed by atoms with Crippen LogP contribution in [0.15, 0.2) is 10.7 Å². The van der Waals surface area contributed by atoms with Crippen molar-refractivity contribution in [2.75, 3.05) is 29.3 Å². The molecular weight excluding hydrogens is 282 g/mol. The number of hydrazine groups is 1. The number of anilines is 2. The molecule has 15 heavy (non-hydrogen) atoms. The molecule has 1 rings (SSSR count). The average molecular weight is 294 g/mol. The van der Waals surface area contributed by atoms with Crippen LogP contribution < -0.4 is 16.6 Å². The van der Waals surface area contributed by atoms with Crippen molar-refractivity contribution in [3.05, 3.63) is 10.7 Å². The lowest BCUT2D eigenvalue weighted by Crippen LogP contribution is -2.14. The second kappa shape index (κ2) is 5.99. The molecule has 0 saturated heterocycles. The number of hydrogen-bond acceptors (Lipinski definition) is 6. The molecular formula is C7H12BrN5OS. The van der Waals surface area contributed by atoms with E-state index in [1.165, 1.54) is 0 Å². The summed E-state index contributed by atoms with van der Waals surface area (Å²) in [4.78, 5) is 7.99. The van der Waals surface area contributed by atoms with Crippen LogP contribution >= 0.6 is 15.9 Å². The van der Waals surface area contributed by atoms with Crippen LogP contribution in [0.1, 0.15) is 0 Å². The molecule has 0 amide bonds. The molecule has 0 fully saturated rings. The highest BCUT2D eigenvalue weighted by Gasteiger charge is 2.03. The van der Waals surface area contributed by atoms with Gasteiger partial charge in [-0.15, -0.1) is 0 Å². The van der Waals surface area contributed by atoms with Crippen molar-refractivity contribution in [3.63, 3.8) is 0 Å². The molecule has 0 saturated carbocycles. The van der Waals surface area contributed by atoms with Crippen LogP contribution in [0.4, 0.5) is 11.8 Å². The highest BCUT2D eigenvalue weighted by Crippen LogP contribution is 2.19. The topological polar surface area (TPSA) is 92.9 Å². The van der Waals surface area contributed by atoms with Crippen molar-refractivity contribution in [3.8, 4) is 0 Å². The van der Waals surface area contributed by atoms with E-state index in [-0.39, 0.29) is 0 Å². The summed E-state index contributed by atoms with van der Waals surface area (Å²) in [5.41, 5.74) is 2.35. The van der Waals surface area contributed by atoms with Gasteiger partial charge in [0, 0.05) is 35.5 Å². The summed E-state index contributed by atoms with van der Waals surface area (Å²) in [6, 6.07) is 0. The van der Waals surface area contributed by atoms with Gasteiger partial charge < -0.3 is 5.32 Å². The second-order valence-corrected chi connectivity index (χ2v) is 5.15. The van der Waals surface area contributed by atoms with Crippen LogP contribution in [0.5, 0.6) is 0 Å². The Bertz CT molecular complexity index is 361. The third-order valence-electron chi connectivity index (χ3n) is 1.56. The molecule has 8 heteroatoms. The maximum absolute atomic E-state index is 10.8. The number of nitrogens with two attached hydrogens (primary N) is 1. The highest BCUT2D eigenvalue weighted by molar-refractivity contribution is 9.10. The van der Waals surface area contributed by atoms with Gasteiger partial charge in [0.15, 0.2) is 0 Å². The normalized spacial score (nSPS) is 12.2. The summed E-state index contributed by atoms with van der Waals surface area (Å²) in [6.07, 6.45) is 3.25. The van der Waals surface area contributed by atoms with Gasteiger partial charge in [-0.2, -0.15) is 4.98 Å². The van der Waals surface area contributed by atoms with Crippen LogP contribution in [-0.4, -0.2) is 32.7 Å². The summed E-state index contributed by atoms with van der Waals surface area (Å²) in [5, 5.41) is 3.03. The highest BCUT2D eigenvalue weighted by atomic mass is 79.9. The Morgan fingerprint density at radius 3 is 3.00 bits per heavy atom. The predicted molar refractivity (Wildman–Crippen MR) is 65.0 cm³/mol. The van der Waals surface area contributed by atoms with Crippen molar-refractivity contribution in [2.24, 2.45) is 5.84 Å². The van der Waals surface area contributed by atoms with E-state index < -0.39 is 10.8 Å². The van der Waals surface area contributed by atoms with Crippen molar-refractivity contribution in [2.45, 2.75) is 0 Å². The minimum absolute atomic E-state index is 0.332. The van der Waals surface area contributed by atoms with Crippen molar-refractivity contribution < 1.29 is 4.21 Å². The first-order valence-electron chi connectivity index (χ1n) is 4.16. The molecule has 0 spiro atoms. The lowest BCUT2D eigenvalue weighted by Gasteiger charge is -2.07. The van der Waals surface area contributed by atoms with Gasteiger partial charge >= 0.3 is 0 Å². The molecule has 0 radical (unpaired) electrons. The van der Waals surface area contributed by atoms with Gasteiger partial charge in [-0.25, -0.2) is 10.8 Å². The number of halogens is 1. The maximum Gasteiger partial charge on any atom is 0.239 e. The first-order chi connectivity index (χ1) is 7.13. The monoisotopic (exact) mass is 293 g/mol. The molecule has 0 aromatic carbocycles. The van der Waals surface area contributed by atoms with E-state index in [9.17, 15) is 4.21 Å². The predicted octanol–water partition coefficient (Wildman–Crippen LogP) is 0.315. The molecule has 0 aliphatic heterocycles. The lowest BCUT2D eigenvalue weighted by molar-refractivity contribution is 0.687. The zero-order chi connectivity index (χ0) is 11.3. The average Bonchev–Trinajstić information content (AvgIpc) is 2.20. The SMILES string of the molecule is CS(=O)CCNc1nc(NN)ncc1Br. The summed E-state index contributed by atoms with van der Waals surface area (Å²) in [5.74, 6) is 6.71. The van der Waals surface area contributed by atoms with E-state index in [1.54, 1.807) is 12.5 Å². The quantitative estimate of drug-likeness (QED) is 0.535. The summed E-state index contributed by atoms with van der Waals surface area (Å²) in [6.45, 7) is 0.586. The Hall–Kier alpha value is -0.730. The Balaban J connectivity index is 2.62. The van der Waals surface area contributed by atoms with Crippen molar-refractivity contribution >= 4 is 38.5 Å². The number of aromatic nitrogens is 2. The first kappa shape index (κ1) is 12.3. The van der Waals surface area contributed by atoms with Crippen LogP contribution in [-0.2, 0) is 10.8 Å². The minimum Gasteiger partial charge on any atom is -0.368 e. The minimum atomic E-state index is -0.815. The van der Waals surface area contributed by atoms with Gasteiger partial charge in [-0.3, -0.25) is 9.63 Å². The molecule has 1 unspecified atom stereocenters. The lowest BCUT2D eigenvalue weighted by atomic mass is 10.5. The molecule has 1 aromatic rings. The number of nitrogen functional groups attached to an aromatic ring is 1. The standard InChI is InChI=1S/C7H12BrN5OS/c1-15(14)3-2-10-6-5(8)4-11-7(12-6)13-9/h4H,2-3,9H2,1H3,(H2,10,11,12,13). The van der Waals surface area contributed by atoms with E-state index >= 15 is 0 Å². The number of nitrogens with one attached hydrogen (secondary N) is 2. The van der Waals surface area contributed by atoms with Gasteiger partial charge in [0.05, 0.1) is 4.47 Å². The smallest absolute Gasteiger partial charge is 0.239 e. The fraction of sp³-hybridized carbons (Fsp3) is 0.429. The van der Waals surface area contributed by atoms with Gasteiger partial charge in [-0.1, -0.05) is 0 Å². The van der Waals surface area contributed by atoms with E-state index in [1.807, 2.05) is 0 Å². The fourth-order valence-corrected chi connectivity index (χ4v) is 1.59. The Morgan fingerprint density at radius 2 is 2.40 bits per heavy atom. The number of nitrogens with zero attached hydrogens (tertiary/aromatic N) is 2. The van der Waals surface area contributed by atoms with E-state index in [2.05, 4.69) is 36.6 Å². The van der Waals surface area contributed by atoms with Crippen LogP contribution in [0.3, 0.4) is 0 Å². The fourth-order valence-electron chi connectivity index (χ4n) is 0.874. The van der Waals surface area contributed by atoms with Crippen LogP contribution in [0, 0.1) is 0 Å². The maximum atomic E-state index is 10.8. The molecule has 1 heterocycles. The van der Waals surface area contributed by atoms with Crippen LogP contribution in [0.2, 0.25) is 0 Å². The summed E-state index contributed by atoms with van der Waals surface area (Å²) >= 11 is 3.29. The zero-order valence-electron chi connectivity index (χ0n) is 8.16. The van der Waals surface area contributed by atoms with Crippen LogP contribution in [0.25, 0.3) is 0 Å². The van der Waals surface area contributed by atoms with E-state index in [4.69, 9.17) is 5.84 Å². The van der Waals surface area contributed by atoms with Gasteiger partial charge in [0.2, 0.25) is 5.95 Å². The summed E-state index contributed by atoms with van der Waals surface area (Å²) in [7, 11) is -0.815. The van der Waals surface area contributed by atoms with Crippen molar-refractivity contribution in [1.29, 1.82) is 0 Å². The Kier molecular flexibility index (Phi) is 4.92. The van der Waals surface area contributed by atoms with Crippen molar-refractivity contribution in [1.82, 2.24) is 9.97 Å². The molecule has 1 aromatic heterocycles. The number of hydrogen-bond donors (Lipinski definition) is 3. The second-order valence-electron chi connectivity index (χ2n) is 2.74.